The predicted molar refractivity (Wildman–Crippen MR) is 128 cm³/mol. The highest BCUT2D eigenvalue weighted by Crippen LogP contribution is 2.37. The zero-order valence-corrected chi connectivity index (χ0v) is 18.9. The Hall–Kier alpha value is -3.71. The molecule has 1 fully saturated rings. The number of hydrogen-bond acceptors (Lipinski definition) is 6. The summed E-state index contributed by atoms with van der Waals surface area (Å²) in [4.78, 5) is 15.2. The molecular formula is C27H28N2O5. The summed E-state index contributed by atoms with van der Waals surface area (Å²) in [6.07, 6.45) is 2.08. The van der Waals surface area contributed by atoms with Crippen molar-refractivity contribution in [1.82, 2.24) is 4.90 Å². The second-order valence-electron chi connectivity index (χ2n) is 8.78. The summed E-state index contributed by atoms with van der Waals surface area (Å²) >= 11 is 0. The molecule has 0 aliphatic carbocycles. The molecule has 1 unspecified atom stereocenters. The van der Waals surface area contributed by atoms with Crippen LogP contribution in [-0.2, 0) is 24.4 Å². The van der Waals surface area contributed by atoms with Gasteiger partial charge in [-0.2, -0.15) is 0 Å². The van der Waals surface area contributed by atoms with Gasteiger partial charge in [0.2, 0.25) is 0 Å². The molecule has 0 aromatic heterocycles. The van der Waals surface area contributed by atoms with Crippen molar-refractivity contribution in [2.24, 2.45) is 0 Å². The minimum absolute atomic E-state index is 0.0525. The number of phenols is 2. The van der Waals surface area contributed by atoms with Crippen LogP contribution in [0.3, 0.4) is 0 Å². The van der Waals surface area contributed by atoms with Gasteiger partial charge in [-0.3, -0.25) is 4.79 Å². The fraction of sp³-hybridized carbons (Fsp3) is 0.296. The maximum Gasteiger partial charge on any atom is 0.262 e. The number of fused-ring (bicyclic) bond motifs is 1. The van der Waals surface area contributed by atoms with Gasteiger partial charge in [0.05, 0.1) is 6.61 Å². The average molecular weight is 461 g/mol. The maximum atomic E-state index is 13.5. The van der Waals surface area contributed by atoms with Gasteiger partial charge in [0.15, 0.2) is 0 Å². The monoisotopic (exact) mass is 460 g/mol. The van der Waals surface area contributed by atoms with Gasteiger partial charge in [-0.25, -0.2) is 0 Å². The van der Waals surface area contributed by atoms with Gasteiger partial charge in [-0.05, 0) is 35.6 Å². The van der Waals surface area contributed by atoms with Crippen LogP contribution in [0.4, 0.5) is 5.69 Å². The fourth-order valence-corrected chi connectivity index (χ4v) is 4.58. The van der Waals surface area contributed by atoms with Crippen molar-refractivity contribution in [3.05, 3.63) is 82.9 Å². The van der Waals surface area contributed by atoms with E-state index in [1.165, 1.54) is 12.1 Å². The molecule has 3 aromatic carbocycles. The molecule has 2 heterocycles. The van der Waals surface area contributed by atoms with E-state index >= 15 is 0 Å². The highest BCUT2D eigenvalue weighted by atomic mass is 16.5. The van der Waals surface area contributed by atoms with Crippen molar-refractivity contribution in [1.29, 1.82) is 0 Å². The number of anilines is 1. The fourth-order valence-electron chi connectivity index (χ4n) is 4.58. The molecule has 0 bridgehead atoms. The van der Waals surface area contributed by atoms with Crippen molar-refractivity contribution in [3.63, 3.8) is 0 Å². The summed E-state index contributed by atoms with van der Waals surface area (Å²) in [5.41, 5.74) is 4.13. The van der Waals surface area contributed by atoms with Crippen molar-refractivity contribution < 1.29 is 24.5 Å². The van der Waals surface area contributed by atoms with E-state index in [1.807, 2.05) is 48.5 Å². The van der Waals surface area contributed by atoms with Crippen LogP contribution in [0.15, 0.2) is 60.7 Å². The van der Waals surface area contributed by atoms with Gasteiger partial charge in [0.25, 0.3) is 5.91 Å². The Morgan fingerprint density at radius 2 is 1.94 bits per heavy atom. The SMILES string of the molecule is O=C(c1c(O)cc(O)cc1OCc1ccccc1)N1Cc2cccc(NC3CCCOC3)c2C1. The molecule has 3 N–H and O–H groups in total. The lowest BCUT2D eigenvalue weighted by atomic mass is 10.1. The summed E-state index contributed by atoms with van der Waals surface area (Å²) in [7, 11) is 0. The number of carbonyl (C=O) groups is 1. The van der Waals surface area contributed by atoms with Crippen LogP contribution in [0, 0.1) is 0 Å². The second kappa shape index (κ2) is 9.65. The third-order valence-corrected chi connectivity index (χ3v) is 6.31. The first-order valence-electron chi connectivity index (χ1n) is 11.6. The van der Waals surface area contributed by atoms with E-state index in [4.69, 9.17) is 9.47 Å². The number of carbonyl (C=O) groups excluding carboxylic acids is 1. The largest absolute Gasteiger partial charge is 0.508 e. The molecule has 1 atom stereocenters. The predicted octanol–water partition coefficient (Wildman–Crippen LogP) is 4.42. The van der Waals surface area contributed by atoms with Gasteiger partial charge in [0.1, 0.15) is 29.4 Å². The molecule has 34 heavy (non-hydrogen) atoms. The standard InChI is InChI=1S/C27H28N2O5/c30-21-12-24(31)26(25(13-21)34-16-18-6-2-1-3-7-18)27(32)29-14-19-8-4-10-23(22(19)15-29)28-20-9-5-11-33-17-20/h1-4,6-8,10,12-13,20,28,30-31H,5,9,11,14-17H2. The van der Waals surface area contributed by atoms with Crippen molar-refractivity contribution in [2.75, 3.05) is 18.5 Å². The van der Waals surface area contributed by atoms with E-state index in [2.05, 4.69) is 5.32 Å². The van der Waals surface area contributed by atoms with Crippen LogP contribution in [-0.4, -0.2) is 40.3 Å². The number of hydrogen-bond donors (Lipinski definition) is 3. The third-order valence-electron chi connectivity index (χ3n) is 6.31. The minimum atomic E-state index is -0.344. The Morgan fingerprint density at radius 3 is 2.74 bits per heavy atom. The highest BCUT2D eigenvalue weighted by Gasteiger charge is 2.31. The van der Waals surface area contributed by atoms with Crippen LogP contribution >= 0.6 is 0 Å². The minimum Gasteiger partial charge on any atom is -0.508 e. The lowest BCUT2D eigenvalue weighted by molar-refractivity contribution is 0.0743. The second-order valence-corrected chi connectivity index (χ2v) is 8.78. The molecule has 5 rings (SSSR count). The van der Waals surface area contributed by atoms with Crippen LogP contribution in [0.25, 0.3) is 0 Å². The number of amides is 1. The highest BCUT2D eigenvalue weighted by molar-refractivity contribution is 6.00. The summed E-state index contributed by atoms with van der Waals surface area (Å²) in [5.74, 6) is -0.659. The first-order chi connectivity index (χ1) is 16.6. The van der Waals surface area contributed by atoms with E-state index in [0.717, 1.165) is 41.8 Å². The van der Waals surface area contributed by atoms with Gasteiger partial charge < -0.3 is 29.9 Å². The molecule has 2 aliphatic heterocycles. The summed E-state index contributed by atoms with van der Waals surface area (Å²) < 4.78 is 11.5. The Kier molecular flexibility index (Phi) is 6.27. The lowest BCUT2D eigenvalue weighted by Gasteiger charge is -2.25. The van der Waals surface area contributed by atoms with Gasteiger partial charge in [0, 0.05) is 43.6 Å². The number of phenolic OH excluding ortho intramolecular Hbond substituents is 2. The van der Waals surface area contributed by atoms with Crippen molar-refractivity contribution >= 4 is 11.6 Å². The lowest BCUT2D eigenvalue weighted by Crippen LogP contribution is -2.30. The third kappa shape index (κ3) is 4.65. The van der Waals surface area contributed by atoms with E-state index in [1.54, 1.807) is 4.90 Å². The van der Waals surface area contributed by atoms with Crippen molar-refractivity contribution in [3.8, 4) is 17.2 Å². The van der Waals surface area contributed by atoms with E-state index < -0.39 is 0 Å². The first-order valence-corrected chi connectivity index (χ1v) is 11.6. The molecule has 7 nitrogen and oxygen atoms in total. The quantitative estimate of drug-likeness (QED) is 0.504. The van der Waals surface area contributed by atoms with Crippen LogP contribution in [0.5, 0.6) is 17.2 Å². The molecule has 0 radical (unpaired) electrons. The molecule has 0 saturated carbocycles. The molecule has 0 spiro atoms. The molecule has 176 valence electrons. The van der Waals surface area contributed by atoms with Gasteiger partial charge >= 0.3 is 0 Å². The summed E-state index contributed by atoms with van der Waals surface area (Å²) in [6, 6.07) is 18.4. The molecule has 2 aliphatic rings. The number of nitrogens with zero attached hydrogens (tertiary/aromatic N) is 1. The zero-order valence-electron chi connectivity index (χ0n) is 18.9. The smallest absolute Gasteiger partial charge is 0.262 e. The first kappa shape index (κ1) is 22.1. The normalized spacial score (nSPS) is 17.3. The Balaban J connectivity index is 1.36. The summed E-state index contributed by atoms with van der Waals surface area (Å²) in [6.45, 7) is 2.54. The van der Waals surface area contributed by atoms with Crippen molar-refractivity contribution in [2.45, 2.75) is 38.6 Å². The molecule has 3 aromatic rings. The van der Waals surface area contributed by atoms with E-state index in [0.29, 0.717) is 19.7 Å². The number of benzene rings is 3. The number of nitrogens with one attached hydrogen (secondary N) is 1. The Labute approximate surface area is 198 Å². The van der Waals surface area contributed by atoms with E-state index in [-0.39, 0.29) is 41.4 Å². The Bertz CT molecular complexity index is 1180. The van der Waals surface area contributed by atoms with Crippen LogP contribution < -0.4 is 10.1 Å². The summed E-state index contributed by atoms with van der Waals surface area (Å²) in [5, 5.41) is 24.2. The van der Waals surface area contributed by atoms with Gasteiger partial charge in [-0.1, -0.05) is 42.5 Å². The number of ether oxygens (including phenoxy) is 2. The van der Waals surface area contributed by atoms with Crippen LogP contribution in [0.2, 0.25) is 0 Å². The molecular weight excluding hydrogens is 432 g/mol. The van der Waals surface area contributed by atoms with E-state index in [9.17, 15) is 15.0 Å². The molecule has 1 saturated heterocycles. The maximum absolute atomic E-state index is 13.5. The Morgan fingerprint density at radius 1 is 1.09 bits per heavy atom. The zero-order chi connectivity index (χ0) is 23.5. The van der Waals surface area contributed by atoms with Gasteiger partial charge in [-0.15, -0.1) is 0 Å². The topological polar surface area (TPSA) is 91.3 Å². The van der Waals surface area contributed by atoms with Crippen LogP contribution in [0.1, 0.15) is 39.9 Å². The molecule has 7 heteroatoms. The average Bonchev–Trinajstić information content (AvgIpc) is 3.29. The number of aromatic hydroxyl groups is 2. The molecule has 1 amide bonds. The number of rotatable bonds is 6.